The fourth-order valence-corrected chi connectivity index (χ4v) is 1.69. The Bertz CT molecular complexity index is 340. The van der Waals surface area contributed by atoms with Crippen molar-refractivity contribution in [1.82, 2.24) is 5.32 Å². The smallest absolute Gasteiger partial charge is 0.469 e. The minimum absolute atomic E-state index is 0.119. The van der Waals surface area contributed by atoms with Gasteiger partial charge in [0.1, 0.15) is 0 Å². The summed E-state index contributed by atoms with van der Waals surface area (Å²) in [4.78, 5) is 22.6. The van der Waals surface area contributed by atoms with E-state index in [0.717, 1.165) is 7.11 Å². The standard InChI is InChI=1S/C12H18F3NO3/c1-5-6-8(10(17)19-4)9(7(2)3)16-11(18)12(13,14)15/h5,7-9H,1,6H2,2-4H3,(H,16,18)/t8-,9-/m0/s1. The zero-order valence-electron chi connectivity index (χ0n) is 11.1. The van der Waals surface area contributed by atoms with Crippen molar-refractivity contribution in [3.05, 3.63) is 12.7 Å². The summed E-state index contributed by atoms with van der Waals surface area (Å²) in [6, 6.07) is -0.973. The number of carbonyl (C=O) groups is 2. The van der Waals surface area contributed by atoms with E-state index in [9.17, 15) is 22.8 Å². The maximum absolute atomic E-state index is 12.3. The van der Waals surface area contributed by atoms with E-state index in [0.29, 0.717) is 0 Å². The van der Waals surface area contributed by atoms with Crippen LogP contribution >= 0.6 is 0 Å². The predicted octanol–water partition coefficient (Wildman–Crippen LogP) is 2.05. The number of amides is 1. The van der Waals surface area contributed by atoms with Gasteiger partial charge in [-0.15, -0.1) is 6.58 Å². The lowest BCUT2D eigenvalue weighted by Gasteiger charge is -2.29. The van der Waals surface area contributed by atoms with Crippen molar-refractivity contribution in [3.63, 3.8) is 0 Å². The maximum atomic E-state index is 12.3. The molecule has 0 aliphatic rings. The number of hydrogen-bond acceptors (Lipinski definition) is 3. The van der Waals surface area contributed by atoms with Crippen LogP contribution in [-0.2, 0) is 14.3 Å². The number of rotatable bonds is 6. The topological polar surface area (TPSA) is 55.4 Å². The Balaban J connectivity index is 5.10. The van der Waals surface area contributed by atoms with Crippen LogP contribution in [0.1, 0.15) is 20.3 Å². The molecule has 2 atom stereocenters. The van der Waals surface area contributed by atoms with Crippen LogP contribution < -0.4 is 5.32 Å². The Morgan fingerprint density at radius 2 is 1.89 bits per heavy atom. The minimum atomic E-state index is -4.98. The quantitative estimate of drug-likeness (QED) is 0.599. The van der Waals surface area contributed by atoms with E-state index in [1.165, 1.54) is 6.08 Å². The van der Waals surface area contributed by atoms with Gasteiger partial charge >= 0.3 is 18.1 Å². The van der Waals surface area contributed by atoms with Crippen LogP contribution in [0.15, 0.2) is 12.7 Å². The first kappa shape index (κ1) is 17.5. The van der Waals surface area contributed by atoms with Crippen molar-refractivity contribution < 1.29 is 27.5 Å². The molecule has 0 aliphatic heterocycles. The molecule has 0 aromatic carbocycles. The van der Waals surface area contributed by atoms with Gasteiger partial charge in [0.2, 0.25) is 0 Å². The summed E-state index contributed by atoms with van der Waals surface area (Å²) >= 11 is 0. The van der Waals surface area contributed by atoms with Crippen molar-refractivity contribution in [2.75, 3.05) is 7.11 Å². The Hall–Kier alpha value is -1.53. The van der Waals surface area contributed by atoms with Gasteiger partial charge in [-0.1, -0.05) is 19.9 Å². The normalized spacial score (nSPS) is 14.7. The average molecular weight is 281 g/mol. The molecule has 0 radical (unpaired) electrons. The van der Waals surface area contributed by atoms with Crippen LogP contribution in [0.2, 0.25) is 0 Å². The van der Waals surface area contributed by atoms with E-state index in [2.05, 4.69) is 11.3 Å². The Kier molecular flexibility index (Phi) is 6.58. The summed E-state index contributed by atoms with van der Waals surface area (Å²) in [6.07, 6.45) is -3.47. The van der Waals surface area contributed by atoms with E-state index in [1.54, 1.807) is 13.8 Å². The molecule has 0 aliphatic carbocycles. The summed E-state index contributed by atoms with van der Waals surface area (Å²) in [5.74, 6) is -4.01. The Morgan fingerprint density at radius 3 is 2.21 bits per heavy atom. The lowest BCUT2D eigenvalue weighted by molar-refractivity contribution is -0.175. The van der Waals surface area contributed by atoms with E-state index < -0.39 is 30.0 Å². The Morgan fingerprint density at radius 1 is 1.37 bits per heavy atom. The van der Waals surface area contributed by atoms with Crippen LogP contribution in [0.4, 0.5) is 13.2 Å². The number of ether oxygens (including phenoxy) is 1. The summed E-state index contributed by atoms with van der Waals surface area (Å²) < 4.78 is 41.3. The average Bonchev–Trinajstić information content (AvgIpc) is 2.30. The third kappa shape index (κ3) is 5.32. The van der Waals surface area contributed by atoms with Gasteiger partial charge in [0.15, 0.2) is 0 Å². The highest BCUT2D eigenvalue weighted by Crippen LogP contribution is 2.22. The third-order valence-electron chi connectivity index (χ3n) is 2.63. The van der Waals surface area contributed by atoms with Gasteiger partial charge in [0, 0.05) is 6.04 Å². The molecule has 110 valence electrons. The molecule has 4 nitrogen and oxygen atoms in total. The van der Waals surface area contributed by atoms with Crippen LogP contribution in [0, 0.1) is 11.8 Å². The van der Waals surface area contributed by atoms with Crippen LogP contribution in [0.5, 0.6) is 0 Å². The molecule has 1 N–H and O–H groups in total. The molecule has 0 rings (SSSR count). The SMILES string of the molecule is C=CC[C@H](C(=O)OC)[C@@H](NC(=O)C(F)(F)F)C(C)C. The molecule has 0 fully saturated rings. The first-order valence-electron chi connectivity index (χ1n) is 5.71. The molecular weight excluding hydrogens is 263 g/mol. The second kappa shape index (κ2) is 7.16. The van der Waals surface area contributed by atoms with Crippen molar-refractivity contribution in [2.24, 2.45) is 11.8 Å². The lowest BCUT2D eigenvalue weighted by Crippen LogP contribution is -2.50. The first-order chi connectivity index (χ1) is 8.65. The van der Waals surface area contributed by atoms with Crippen molar-refractivity contribution >= 4 is 11.9 Å². The number of alkyl halides is 3. The van der Waals surface area contributed by atoms with E-state index in [4.69, 9.17) is 0 Å². The fourth-order valence-electron chi connectivity index (χ4n) is 1.69. The molecule has 0 bridgehead atoms. The number of halogens is 3. The third-order valence-corrected chi connectivity index (χ3v) is 2.63. The van der Waals surface area contributed by atoms with Crippen LogP contribution in [0.25, 0.3) is 0 Å². The van der Waals surface area contributed by atoms with Gasteiger partial charge in [-0.2, -0.15) is 13.2 Å². The highest BCUT2D eigenvalue weighted by molar-refractivity contribution is 5.83. The van der Waals surface area contributed by atoms with Gasteiger partial charge in [-0.3, -0.25) is 9.59 Å². The molecular formula is C12H18F3NO3. The van der Waals surface area contributed by atoms with Gasteiger partial charge in [-0.05, 0) is 12.3 Å². The minimum Gasteiger partial charge on any atom is -0.469 e. The molecule has 0 aromatic heterocycles. The van der Waals surface area contributed by atoms with Crippen molar-refractivity contribution in [2.45, 2.75) is 32.5 Å². The molecule has 0 unspecified atom stereocenters. The number of allylic oxidation sites excluding steroid dienone is 1. The van der Waals surface area contributed by atoms with Crippen LogP contribution in [0.3, 0.4) is 0 Å². The predicted molar refractivity (Wildman–Crippen MR) is 63.1 cm³/mol. The number of hydrogen-bond donors (Lipinski definition) is 1. The zero-order valence-corrected chi connectivity index (χ0v) is 11.1. The van der Waals surface area contributed by atoms with Crippen molar-refractivity contribution in [1.29, 1.82) is 0 Å². The molecule has 0 saturated carbocycles. The molecule has 7 heteroatoms. The van der Waals surface area contributed by atoms with E-state index in [-0.39, 0.29) is 12.3 Å². The second-order valence-corrected chi connectivity index (χ2v) is 4.40. The van der Waals surface area contributed by atoms with Crippen LogP contribution in [-0.4, -0.2) is 31.2 Å². The molecule has 0 spiro atoms. The number of methoxy groups -OCH3 is 1. The van der Waals surface area contributed by atoms with Gasteiger partial charge < -0.3 is 10.1 Å². The van der Waals surface area contributed by atoms with Gasteiger partial charge in [0.05, 0.1) is 13.0 Å². The highest BCUT2D eigenvalue weighted by Gasteiger charge is 2.42. The number of nitrogens with one attached hydrogen (secondary N) is 1. The molecule has 0 aromatic rings. The van der Waals surface area contributed by atoms with Gasteiger partial charge in [-0.25, -0.2) is 0 Å². The molecule has 0 heterocycles. The van der Waals surface area contributed by atoms with E-state index in [1.807, 2.05) is 5.32 Å². The maximum Gasteiger partial charge on any atom is 0.471 e. The number of esters is 1. The first-order valence-corrected chi connectivity index (χ1v) is 5.71. The molecule has 1 amide bonds. The summed E-state index contributed by atoms with van der Waals surface area (Å²) in [6.45, 7) is 6.67. The summed E-state index contributed by atoms with van der Waals surface area (Å²) in [7, 11) is 1.14. The monoisotopic (exact) mass is 281 g/mol. The Labute approximate surface area is 110 Å². The molecule has 19 heavy (non-hydrogen) atoms. The largest absolute Gasteiger partial charge is 0.471 e. The highest BCUT2D eigenvalue weighted by atomic mass is 19.4. The van der Waals surface area contributed by atoms with Gasteiger partial charge in [0.25, 0.3) is 0 Å². The fraction of sp³-hybridized carbons (Fsp3) is 0.667. The van der Waals surface area contributed by atoms with E-state index >= 15 is 0 Å². The summed E-state index contributed by atoms with van der Waals surface area (Å²) in [5.41, 5.74) is 0. The zero-order chi connectivity index (χ0) is 15.2. The number of carbonyl (C=O) groups excluding carboxylic acids is 2. The second-order valence-electron chi connectivity index (χ2n) is 4.40. The molecule has 0 saturated heterocycles. The lowest BCUT2D eigenvalue weighted by atomic mass is 9.88. The van der Waals surface area contributed by atoms with Crippen molar-refractivity contribution in [3.8, 4) is 0 Å². The summed E-state index contributed by atoms with van der Waals surface area (Å²) in [5, 5.41) is 1.84.